The van der Waals surface area contributed by atoms with Gasteiger partial charge in [-0.25, -0.2) is 0 Å². The molecule has 27 heavy (non-hydrogen) atoms. The Morgan fingerprint density at radius 1 is 1.22 bits per heavy atom. The monoisotopic (exact) mass is 426 g/mol. The second kappa shape index (κ2) is 7.58. The summed E-state index contributed by atoms with van der Waals surface area (Å²) in [4.78, 5) is 26.3. The Morgan fingerprint density at radius 2 is 1.93 bits per heavy atom. The molecule has 0 aromatic heterocycles. The Morgan fingerprint density at radius 3 is 2.59 bits per heavy atom. The summed E-state index contributed by atoms with van der Waals surface area (Å²) in [5.41, 5.74) is 3.03. The van der Waals surface area contributed by atoms with Gasteiger partial charge in [-0.3, -0.25) is 9.59 Å². The molecule has 8 heteroatoms. The molecule has 0 radical (unpaired) electrons. The zero-order chi connectivity index (χ0) is 19.8. The molecule has 0 spiro atoms. The van der Waals surface area contributed by atoms with Crippen LogP contribution in [0.2, 0.25) is 0 Å². The van der Waals surface area contributed by atoms with E-state index in [4.69, 9.17) is 39.5 Å². The third-order valence-corrected chi connectivity index (χ3v) is 4.79. The van der Waals surface area contributed by atoms with Crippen LogP contribution in [0.3, 0.4) is 0 Å². The van der Waals surface area contributed by atoms with Crippen molar-refractivity contribution >= 4 is 58.0 Å². The number of carbonyl (C=O) groups excluding carboxylic acids is 2. The van der Waals surface area contributed by atoms with E-state index in [2.05, 4.69) is 5.32 Å². The van der Waals surface area contributed by atoms with E-state index in [1.807, 2.05) is 31.2 Å². The largest absolute Gasteiger partial charge is 0.479 e. The molecule has 1 aliphatic rings. The highest BCUT2D eigenvalue weighted by Crippen LogP contribution is 2.38. The summed E-state index contributed by atoms with van der Waals surface area (Å²) < 4.78 is 3.60. The zero-order valence-electron chi connectivity index (χ0n) is 14.6. The number of nitrogens with zero attached hydrogens (tertiary/aromatic N) is 1. The predicted molar refractivity (Wildman–Crippen MR) is 108 cm³/mol. The minimum absolute atomic E-state index is 0.171. The van der Waals surface area contributed by atoms with Gasteiger partial charge in [0.15, 0.2) is 6.10 Å². The molecule has 1 heterocycles. The van der Waals surface area contributed by atoms with Crippen molar-refractivity contribution in [3.8, 4) is 5.75 Å². The molecule has 5 nitrogen and oxygen atoms in total. The first-order valence-electron chi connectivity index (χ1n) is 8.21. The Bertz CT molecular complexity index is 896. The number of alkyl halides is 3. The van der Waals surface area contributed by atoms with Gasteiger partial charge >= 0.3 is 0 Å². The third kappa shape index (κ3) is 4.32. The summed E-state index contributed by atoms with van der Waals surface area (Å²) in [5.74, 6) is -0.410. The molecule has 2 amide bonds. The van der Waals surface area contributed by atoms with E-state index in [0.29, 0.717) is 23.7 Å². The number of amides is 2. The average Bonchev–Trinajstić information content (AvgIpc) is 2.60. The molecule has 1 unspecified atom stereocenters. The van der Waals surface area contributed by atoms with Crippen molar-refractivity contribution in [2.45, 2.75) is 30.3 Å². The van der Waals surface area contributed by atoms with Gasteiger partial charge in [0.05, 0.1) is 12.2 Å². The first-order chi connectivity index (χ1) is 12.7. The molecule has 0 fully saturated rings. The van der Waals surface area contributed by atoms with Crippen molar-refractivity contribution in [3.63, 3.8) is 0 Å². The minimum Gasteiger partial charge on any atom is -0.479 e. The Balaban J connectivity index is 1.96. The van der Waals surface area contributed by atoms with E-state index in [1.165, 1.54) is 0 Å². The first-order valence-corrected chi connectivity index (χ1v) is 9.35. The molecule has 2 aromatic carbocycles. The van der Waals surface area contributed by atoms with E-state index < -0.39 is 15.8 Å². The maximum Gasteiger partial charge on any atom is 0.276 e. The average molecular weight is 428 g/mol. The van der Waals surface area contributed by atoms with Crippen LogP contribution >= 0.6 is 34.8 Å². The van der Waals surface area contributed by atoms with E-state index in [0.717, 1.165) is 11.1 Å². The van der Waals surface area contributed by atoms with Crippen LogP contribution in [-0.4, -0.2) is 21.7 Å². The Kier molecular flexibility index (Phi) is 5.56. The smallest absolute Gasteiger partial charge is 0.276 e. The van der Waals surface area contributed by atoms with Crippen molar-refractivity contribution in [3.05, 3.63) is 53.6 Å². The van der Waals surface area contributed by atoms with Crippen LogP contribution in [0.1, 0.15) is 18.1 Å². The van der Waals surface area contributed by atoms with Gasteiger partial charge in [0.25, 0.3) is 15.6 Å². The maximum atomic E-state index is 12.7. The third-order valence-electron chi connectivity index (χ3n) is 4.27. The van der Waals surface area contributed by atoms with Crippen molar-refractivity contribution in [2.75, 3.05) is 10.2 Å². The van der Waals surface area contributed by atoms with Gasteiger partial charge in [-0.2, -0.15) is 0 Å². The molecule has 1 N–H and O–H groups in total. The van der Waals surface area contributed by atoms with Gasteiger partial charge < -0.3 is 15.0 Å². The summed E-state index contributed by atoms with van der Waals surface area (Å²) in [6.07, 6.45) is -0.608. The van der Waals surface area contributed by atoms with Gasteiger partial charge in [0, 0.05) is 5.69 Å². The predicted octanol–water partition coefficient (Wildman–Crippen LogP) is 4.62. The van der Waals surface area contributed by atoms with E-state index >= 15 is 0 Å². The molecule has 0 aliphatic carbocycles. The number of fused-ring (bicyclic) bond motifs is 1. The maximum absolute atomic E-state index is 12.7. The van der Waals surface area contributed by atoms with Gasteiger partial charge in [0.2, 0.25) is 0 Å². The lowest BCUT2D eigenvalue weighted by Crippen LogP contribution is -2.44. The Hall–Kier alpha value is -1.95. The van der Waals surface area contributed by atoms with E-state index in [9.17, 15) is 9.59 Å². The van der Waals surface area contributed by atoms with Gasteiger partial charge in [-0.15, -0.1) is 0 Å². The summed E-state index contributed by atoms with van der Waals surface area (Å²) in [6.45, 7) is 4.07. The number of halogens is 3. The van der Waals surface area contributed by atoms with Gasteiger partial charge in [-0.1, -0.05) is 59.1 Å². The SMILES string of the molecule is Cc1ccccc1CN1C(=O)C(C)Oc2ccc(NC(=O)C(Cl)(Cl)Cl)cc21. The summed E-state index contributed by atoms with van der Waals surface area (Å²) >= 11 is 16.8. The van der Waals surface area contributed by atoms with Crippen molar-refractivity contribution in [2.24, 2.45) is 0 Å². The summed E-state index contributed by atoms with van der Waals surface area (Å²) in [6, 6.07) is 12.8. The molecule has 142 valence electrons. The standard InChI is InChI=1S/C19H17Cl3N2O3/c1-11-5-3-4-6-13(11)10-24-15-9-14(23-18(26)19(20,21)22)7-8-16(15)27-12(2)17(24)25/h3-9,12H,10H2,1-2H3,(H,23,26). The van der Waals surface area contributed by atoms with Crippen LogP contribution in [0.5, 0.6) is 5.75 Å². The quantitative estimate of drug-likeness (QED) is 0.727. The molecule has 3 rings (SSSR count). The molecular weight excluding hydrogens is 411 g/mol. The second-order valence-corrected chi connectivity index (χ2v) is 8.53. The second-order valence-electron chi connectivity index (χ2n) is 6.25. The van der Waals surface area contributed by atoms with E-state index in [-0.39, 0.29) is 5.91 Å². The van der Waals surface area contributed by atoms with Crippen molar-refractivity contribution in [1.82, 2.24) is 0 Å². The lowest BCUT2D eigenvalue weighted by molar-refractivity contribution is -0.125. The Labute approximate surface area is 172 Å². The molecule has 2 aromatic rings. The van der Waals surface area contributed by atoms with E-state index in [1.54, 1.807) is 30.0 Å². The highest BCUT2D eigenvalue weighted by molar-refractivity contribution is 6.76. The summed E-state index contributed by atoms with van der Waals surface area (Å²) in [7, 11) is 0. The number of carbonyl (C=O) groups is 2. The number of hydrogen-bond acceptors (Lipinski definition) is 3. The van der Waals surface area contributed by atoms with Crippen LogP contribution < -0.4 is 15.0 Å². The van der Waals surface area contributed by atoms with Gasteiger partial charge in [-0.05, 0) is 43.2 Å². The van der Waals surface area contributed by atoms with Crippen LogP contribution in [-0.2, 0) is 16.1 Å². The number of nitrogens with one attached hydrogen (secondary N) is 1. The van der Waals surface area contributed by atoms with Crippen LogP contribution in [0.25, 0.3) is 0 Å². The highest BCUT2D eigenvalue weighted by Gasteiger charge is 2.33. The fraction of sp³-hybridized carbons (Fsp3) is 0.263. The van der Waals surface area contributed by atoms with Crippen LogP contribution in [0.4, 0.5) is 11.4 Å². The molecule has 0 saturated heterocycles. The van der Waals surface area contributed by atoms with Crippen molar-refractivity contribution < 1.29 is 14.3 Å². The number of anilines is 2. The fourth-order valence-corrected chi connectivity index (χ4v) is 2.95. The number of benzene rings is 2. The number of ether oxygens (including phenoxy) is 1. The number of rotatable bonds is 3. The number of hydrogen-bond donors (Lipinski definition) is 1. The highest BCUT2D eigenvalue weighted by atomic mass is 35.6. The molecular formula is C19H17Cl3N2O3. The fourth-order valence-electron chi connectivity index (χ4n) is 2.81. The zero-order valence-corrected chi connectivity index (χ0v) is 16.9. The number of aryl methyl sites for hydroxylation is 1. The topological polar surface area (TPSA) is 58.6 Å². The molecule has 1 aliphatic heterocycles. The van der Waals surface area contributed by atoms with Gasteiger partial charge in [0.1, 0.15) is 5.75 Å². The van der Waals surface area contributed by atoms with Crippen molar-refractivity contribution in [1.29, 1.82) is 0 Å². The van der Waals surface area contributed by atoms with Crippen LogP contribution in [0.15, 0.2) is 42.5 Å². The normalized spacial score (nSPS) is 16.6. The summed E-state index contributed by atoms with van der Waals surface area (Å²) in [5, 5.41) is 2.53. The first kappa shape index (κ1) is 19.8. The lowest BCUT2D eigenvalue weighted by atomic mass is 10.1. The molecule has 0 saturated carbocycles. The lowest BCUT2D eigenvalue weighted by Gasteiger charge is -2.33. The molecule has 0 bridgehead atoms. The minimum atomic E-state index is -2.09. The molecule has 1 atom stereocenters. The van der Waals surface area contributed by atoms with Crippen LogP contribution in [0, 0.1) is 6.92 Å².